The summed E-state index contributed by atoms with van der Waals surface area (Å²) in [6.07, 6.45) is 0.164. The number of aryl methyl sites for hydroxylation is 1. The van der Waals surface area contributed by atoms with Gasteiger partial charge in [-0.2, -0.15) is 4.31 Å². The number of nitrogens with zero attached hydrogens (tertiary/aromatic N) is 3. The van der Waals surface area contributed by atoms with Crippen molar-refractivity contribution in [2.45, 2.75) is 30.2 Å². The lowest BCUT2D eigenvalue weighted by molar-refractivity contribution is -0.584. The van der Waals surface area contributed by atoms with Gasteiger partial charge in [0.2, 0.25) is 10.0 Å². The van der Waals surface area contributed by atoms with E-state index in [0.717, 1.165) is 20.6 Å². The number of sulfonamides is 1. The van der Waals surface area contributed by atoms with Crippen LogP contribution in [-0.4, -0.2) is 35.7 Å². The highest BCUT2D eigenvalue weighted by Crippen LogP contribution is 2.42. The van der Waals surface area contributed by atoms with Crippen LogP contribution in [-0.2, 0) is 15.6 Å². The molecule has 1 saturated heterocycles. The Morgan fingerprint density at radius 3 is 2.29 bits per heavy atom. The first-order chi connectivity index (χ1) is 14.7. The normalized spacial score (nSPS) is 16.8. The minimum atomic E-state index is -3.68. The van der Waals surface area contributed by atoms with E-state index in [0.29, 0.717) is 5.01 Å². The average molecular weight is 522 g/mol. The van der Waals surface area contributed by atoms with Gasteiger partial charge in [0.05, 0.1) is 15.5 Å². The molecule has 2 aromatic carbocycles. The zero-order valence-corrected chi connectivity index (χ0v) is 19.9. The molecule has 1 fully saturated rings. The number of thiazole rings is 1. The van der Waals surface area contributed by atoms with Gasteiger partial charge >= 0.3 is 0 Å². The molecule has 162 valence electrons. The maximum atomic E-state index is 12.9. The molecule has 4 rings (SSSR count). The third kappa shape index (κ3) is 4.05. The molecule has 1 aliphatic rings. The summed E-state index contributed by atoms with van der Waals surface area (Å²) >= 11 is 4.74. The summed E-state index contributed by atoms with van der Waals surface area (Å²) in [5, 5.41) is 12.6. The van der Waals surface area contributed by atoms with Gasteiger partial charge in [-0.05, 0) is 36.8 Å². The van der Waals surface area contributed by atoms with E-state index in [2.05, 4.69) is 20.9 Å². The molecular weight excluding hydrogens is 502 g/mol. The van der Waals surface area contributed by atoms with Gasteiger partial charge < -0.3 is 0 Å². The predicted octanol–water partition coefficient (Wildman–Crippen LogP) is 4.84. The maximum absolute atomic E-state index is 12.9. The van der Waals surface area contributed by atoms with E-state index < -0.39 is 15.6 Å². The van der Waals surface area contributed by atoms with E-state index in [-0.39, 0.29) is 35.7 Å². The molecule has 0 amide bonds. The molecule has 0 bridgehead atoms. The first-order valence-electron chi connectivity index (χ1n) is 9.67. The number of piperidine rings is 1. The average Bonchev–Trinajstić information content (AvgIpc) is 3.17. The molecule has 31 heavy (non-hydrogen) atoms. The van der Waals surface area contributed by atoms with Crippen molar-refractivity contribution in [3.63, 3.8) is 0 Å². The molecule has 3 aromatic rings. The molecule has 1 aromatic heterocycles. The van der Waals surface area contributed by atoms with Gasteiger partial charge in [0.15, 0.2) is 5.01 Å². The third-order valence-corrected chi connectivity index (χ3v) is 9.42. The summed E-state index contributed by atoms with van der Waals surface area (Å²) in [5.41, 5.74) is 0.307. The van der Waals surface area contributed by atoms with Crippen molar-refractivity contribution in [2.24, 2.45) is 0 Å². The summed E-state index contributed by atoms with van der Waals surface area (Å²) in [6.45, 7) is 1.99. The summed E-state index contributed by atoms with van der Waals surface area (Å²) in [5.74, 6) is 0. The number of benzene rings is 2. The van der Waals surface area contributed by atoms with Gasteiger partial charge in [-0.3, -0.25) is 10.1 Å². The van der Waals surface area contributed by atoms with Crippen LogP contribution in [0.15, 0.2) is 64.0 Å². The van der Waals surface area contributed by atoms with Crippen molar-refractivity contribution in [1.82, 2.24) is 9.29 Å². The van der Waals surface area contributed by atoms with E-state index in [1.807, 2.05) is 31.2 Å². The largest absolute Gasteiger partial charge is 0.275 e. The van der Waals surface area contributed by atoms with Crippen LogP contribution in [0.1, 0.15) is 23.5 Å². The van der Waals surface area contributed by atoms with Crippen molar-refractivity contribution in [3.8, 4) is 10.4 Å². The first kappa shape index (κ1) is 22.1. The summed E-state index contributed by atoms with van der Waals surface area (Å²) < 4.78 is 28.1. The van der Waals surface area contributed by atoms with Gasteiger partial charge in [-0.15, -0.1) is 11.3 Å². The van der Waals surface area contributed by atoms with Crippen LogP contribution in [0.2, 0.25) is 0 Å². The minimum absolute atomic E-state index is 0.0739. The van der Waals surface area contributed by atoms with Gasteiger partial charge in [0, 0.05) is 35.3 Å². The Morgan fingerprint density at radius 2 is 1.71 bits per heavy atom. The molecule has 1 aliphatic heterocycles. The Morgan fingerprint density at radius 1 is 1.10 bits per heavy atom. The quantitative estimate of drug-likeness (QED) is 0.353. The van der Waals surface area contributed by atoms with Gasteiger partial charge in [0.25, 0.3) is 5.54 Å². The molecule has 0 unspecified atom stereocenters. The number of halogens is 1. The van der Waals surface area contributed by atoms with Crippen molar-refractivity contribution < 1.29 is 13.3 Å². The lowest BCUT2D eigenvalue weighted by atomic mass is 9.90. The SMILES string of the molecule is Cc1nc(C2([N+](=O)[O-])CCN(S(=O)(=O)c3ccccc3)CC2)sc1-c1ccc(Br)cc1. The Balaban J connectivity index is 1.63. The zero-order valence-electron chi connectivity index (χ0n) is 16.7. The van der Waals surface area contributed by atoms with Crippen LogP contribution < -0.4 is 0 Å². The van der Waals surface area contributed by atoms with Gasteiger partial charge in [-0.1, -0.05) is 46.3 Å². The fourth-order valence-electron chi connectivity index (χ4n) is 3.78. The number of rotatable bonds is 5. The summed E-state index contributed by atoms with van der Waals surface area (Å²) in [4.78, 5) is 17.6. The van der Waals surface area contributed by atoms with Crippen LogP contribution in [0.5, 0.6) is 0 Å². The highest BCUT2D eigenvalue weighted by atomic mass is 79.9. The number of hydrogen-bond donors (Lipinski definition) is 0. The maximum Gasteiger partial charge on any atom is 0.275 e. The fraction of sp³-hybridized carbons (Fsp3) is 0.286. The van der Waals surface area contributed by atoms with Gasteiger partial charge in [-0.25, -0.2) is 13.4 Å². The topological polar surface area (TPSA) is 93.4 Å². The molecule has 0 saturated carbocycles. The first-order valence-corrected chi connectivity index (χ1v) is 12.7. The third-order valence-electron chi connectivity index (χ3n) is 5.58. The Kier molecular flexibility index (Phi) is 5.99. The number of hydrogen-bond acceptors (Lipinski definition) is 6. The lowest BCUT2D eigenvalue weighted by Crippen LogP contribution is -2.48. The summed E-state index contributed by atoms with van der Waals surface area (Å²) in [7, 11) is -3.68. The smallest absolute Gasteiger partial charge is 0.264 e. The van der Waals surface area contributed by atoms with Crippen LogP contribution in [0.25, 0.3) is 10.4 Å². The molecule has 0 aliphatic carbocycles. The van der Waals surface area contributed by atoms with Crippen LogP contribution >= 0.6 is 27.3 Å². The second-order valence-corrected chi connectivity index (χ2v) is 11.3. The Hall–Kier alpha value is -2.14. The minimum Gasteiger partial charge on any atom is -0.264 e. The second kappa shape index (κ2) is 8.42. The van der Waals surface area contributed by atoms with Crippen LogP contribution in [0.3, 0.4) is 0 Å². The Bertz CT molecular complexity index is 1200. The molecule has 0 atom stereocenters. The van der Waals surface area contributed by atoms with Crippen molar-refractivity contribution >= 4 is 37.3 Å². The Labute approximate surface area is 193 Å². The molecule has 0 spiro atoms. The van der Waals surface area contributed by atoms with Crippen molar-refractivity contribution in [2.75, 3.05) is 13.1 Å². The standard InChI is InChI=1S/C21H20BrN3O4S2/c1-15-19(16-7-9-17(22)10-8-16)30-20(23-15)21(25(26)27)11-13-24(14-12-21)31(28,29)18-5-3-2-4-6-18/h2-10H,11-14H2,1H3. The molecule has 2 heterocycles. The zero-order chi connectivity index (χ0) is 22.2. The number of aromatic nitrogens is 1. The molecular formula is C21H20BrN3O4S2. The van der Waals surface area contributed by atoms with Gasteiger partial charge in [0.1, 0.15) is 0 Å². The summed E-state index contributed by atoms with van der Waals surface area (Å²) in [6, 6.07) is 15.9. The van der Waals surface area contributed by atoms with Crippen molar-refractivity contribution in [3.05, 3.63) is 79.9 Å². The fourth-order valence-corrected chi connectivity index (χ4v) is 6.80. The molecule has 0 N–H and O–H groups in total. The molecule has 7 nitrogen and oxygen atoms in total. The molecule has 0 radical (unpaired) electrons. The number of nitro groups is 1. The lowest BCUT2D eigenvalue weighted by Gasteiger charge is -2.33. The van der Waals surface area contributed by atoms with E-state index in [4.69, 9.17) is 0 Å². The predicted molar refractivity (Wildman–Crippen MR) is 123 cm³/mol. The molecule has 10 heteroatoms. The van der Waals surface area contributed by atoms with E-state index in [9.17, 15) is 18.5 Å². The van der Waals surface area contributed by atoms with E-state index >= 15 is 0 Å². The van der Waals surface area contributed by atoms with Crippen LogP contribution in [0, 0.1) is 17.0 Å². The highest BCUT2D eigenvalue weighted by molar-refractivity contribution is 9.10. The van der Waals surface area contributed by atoms with E-state index in [1.165, 1.54) is 15.6 Å². The second-order valence-electron chi connectivity index (χ2n) is 7.45. The highest BCUT2D eigenvalue weighted by Gasteiger charge is 2.52. The monoisotopic (exact) mass is 521 g/mol. The van der Waals surface area contributed by atoms with Crippen molar-refractivity contribution in [1.29, 1.82) is 0 Å². The van der Waals surface area contributed by atoms with Crippen LogP contribution in [0.4, 0.5) is 0 Å². The van der Waals surface area contributed by atoms with E-state index in [1.54, 1.807) is 30.3 Å².